The molecule has 2 aromatic rings. The highest BCUT2D eigenvalue weighted by Gasteiger charge is 2.07. The number of carbonyl (C=O) groups is 1. The lowest BCUT2D eigenvalue weighted by molar-refractivity contribution is 0.100. The molecule has 0 aliphatic carbocycles. The largest absolute Gasteiger partial charge is 0.379 e. The minimum absolute atomic E-state index is 0.292. The zero-order chi connectivity index (χ0) is 13.0. The number of aromatic nitrogens is 2. The molecular formula is C12H11ClN4O. The van der Waals surface area contributed by atoms with Gasteiger partial charge in [-0.15, -0.1) is 0 Å². The van der Waals surface area contributed by atoms with Crippen LogP contribution in [-0.4, -0.2) is 15.9 Å². The Morgan fingerprint density at radius 3 is 2.89 bits per heavy atom. The summed E-state index contributed by atoms with van der Waals surface area (Å²) in [5.74, 6) is -0.553. The second-order valence-electron chi connectivity index (χ2n) is 3.61. The summed E-state index contributed by atoms with van der Waals surface area (Å²) in [6.45, 7) is 0.508. The van der Waals surface area contributed by atoms with Crippen LogP contribution in [0.3, 0.4) is 0 Å². The van der Waals surface area contributed by atoms with Gasteiger partial charge in [0.1, 0.15) is 0 Å². The van der Waals surface area contributed by atoms with Gasteiger partial charge in [0.15, 0.2) is 0 Å². The highest BCUT2D eigenvalue weighted by atomic mass is 35.5. The van der Waals surface area contributed by atoms with E-state index in [0.717, 1.165) is 11.4 Å². The minimum Gasteiger partial charge on any atom is -0.379 e. The Morgan fingerprint density at radius 1 is 1.39 bits per heavy atom. The van der Waals surface area contributed by atoms with Crippen molar-refractivity contribution in [2.24, 2.45) is 5.73 Å². The number of carbonyl (C=O) groups excluding carboxylic acids is 1. The molecule has 1 heterocycles. The molecule has 0 atom stereocenters. The van der Waals surface area contributed by atoms with E-state index < -0.39 is 5.91 Å². The van der Waals surface area contributed by atoms with Gasteiger partial charge in [-0.1, -0.05) is 11.6 Å². The topological polar surface area (TPSA) is 80.9 Å². The third-order valence-corrected chi connectivity index (χ3v) is 2.65. The lowest BCUT2D eigenvalue weighted by Crippen LogP contribution is -2.12. The van der Waals surface area contributed by atoms with Crippen LogP contribution in [-0.2, 0) is 6.54 Å². The number of halogens is 1. The molecule has 0 saturated carbocycles. The quantitative estimate of drug-likeness (QED) is 0.881. The van der Waals surface area contributed by atoms with E-state index in [1.54, 1.807) is 36.8 Å². The highest BCUT2D eigenvalue weighted by molar-refractivity contribution is 6.33. The van der Waals surface area contributed by atoms with Crippen LogP contribution in [0.25, 0.3) is 0 Å². The maximum atomic E-state index is 11.1. The maximum absolute atomic E-state index is 11.1. The molecule has 0 bridgehead atoms. The highest BCUT2D eigenvalue weighted by Crippen LogP contribution is 2.20. The molecule has 3 N–H and O–H groups in total. The molecule has 0 fully saturated rings. The summed E-state index contributed by atoms with van der Waals surface area (Å²) < 4.78 is 0. The Kier molecular flexibility index (Phi) is 3.74. The van der Waals surface area contributed by atoms with E-state index in [9.17, 15) is 4.79 Å². The first-order valence-electron chi connectivity index (χ1n) is 5.25. The summed E-state index contributed by atoms with van der Waals surface area (Å²) in [7, 11) is 0. The summed E-state index contributed by atoms with van der Waals surface area (Å²) in [6, 6.07) is 5.01. The van der Waals surface area contributed by atoms with E-state index in [4.69, 9.17) is 17.3 Å². The van der Waals surface area contributed by atoms with Gasteiger partial charge in [-0.05, 0) is 18.2 Å². The molecule has 2 rings (SSSR count). The first-order chi connectivity index (χ1) is 8.66. The van der Waals surface area contributed by atoms with E-state index in [0.29, 0.717) is 17.1 Å². The van der Waals surface area contributed by atoms with Gasteiger partial charge in [0.05, 0.1) is 29.0 Å². The monoisotopic (exact) mass is 262 g/mol. The van der Waals surface area contributed by atoms with Gasteiger partial charge < -0.3 is 11.1 Å². The second kappa shape index (κ2) is 5.46. The lowest BCUT2D eigenvalue weighted by Gasteiger charge is -2.07. The molecule has 92 valence electrons. The molecule has 0 saturated heterocycles. The average Bonchev–Trinajstić information content (AvgIpc) is 2.38. The third-order valence-electron chi connectivity index (χ3n) is 2.32. The van der Waals surface area contributed by atoms with Crippen LogP contribution < -0.4 is 11.1 Å². The Morgan fingerprint density at radius 2 is 2.22 bits per heavy atom. The Hall–Kier alpha value is -2.14. The fourth-order valence-electron chi connectivity index (χ4n) is 1.44. The Labute approximate surface area is 109 Å². The lowest BCUT2D eigenvalue weighted by atomic mass is 10.2. The van der Waals surface area contributed by atoms with Crippen LogP contribution in [0.4, 0.5) is 5.69 Å². The zero-order valence-corrected chi connectivity index (χ0v) is 10.2. The molecular weight excluding hydrogens is 252 g/mol. The van der Waals surface area contributed by atoms with Gasteiger partial charge in [-0.2, -0.15) is 0 Å². The number of nitrogens with zero attached hydrogens (tertiary/aromatic N) is 2. The van der Waals surface area contributed by atoms with Crippen molar-refractivity contribution in [1.82, 2.24) is 9.97 Å². The fourth-order valence-corrected chi connectivity index (χ4v) is 1.65. The summed E-state index contributed by atoms with van der Waals surface area (Å²) in [5, 5.41) is 3.45. The van der Waals surface area contributed by atoms with Gasteiger partial charge in [0.2, 0.25) is 5.91 Å². The predicted molar refractivity (Wildman–Crippen MR) is 69.3 cm³/mol. The molecule has 0 aliphatic heterocycles. The van der Waals surface area contributed by atoms with Crippen molar-refractivity contribution in [2.45, 2.75) is 6.54 Å². The SMILES string of the molecule is NC(=O)c1cc(NCc2cnccn2)ccc1Cl. The number of hydrogen-bond donors (Lipinski definition) is 2. The molecule has 6 heteroatoms. The Balaban J connectivity index is 2.11. The van der Waals surface area contributed by atoms with Crippen molar-refractivity contribution >= 4 is 23.2 Å². The number of anilines is 1. The number of nitrogens with one attached hydrogen (secondary N) is 1. The second-order valence-corrected chi connectivity index (χ2v) is 4.02. The van der Waals surface area contributed by atoms with Crippen LogP contribution in [0.15, 0.2) is 36.8 Å². The molecule has 0 radical (unpaired) electrons. The normalized spacial score (nSPS) is 10.1. The zero-order valence-electron chi connectivity index (χ0n) is 9.43. The third kappa shape index (κ3) is 2.95. The number of primary amides is 1. The van der Waals surface area contributed by atoms with Crippen molar-refractivity contribution in [1.29, 1.82) is 0 Å². The summed E-state index contributed by atoms with van der Waals surface area (Å²) >= 11 is 5.86. The Bertz CT molecular complexity index is 559. The number of hydrogen-bond acceptors (Lipinski definition) is 4. The van der Waals surface area contributed by atoms with E-state index in [1.165, 1.54) is 0 Å². The number of amides is 1. The molecule has 0 aliphatic rings. The summed E-state index contributed by atoms with van der Waals surface area (Å²) in [5.41, 5.74) is 7.06. The predicted octanol–water partition coefficient (Wildman–Crippen LogP) is 1.84. The van der Waals surface area contributed by atoms with E-state index in [1.807, 2.05) is 0 Å². The van der Waals surface area contributed by atoms with Crippen LogP contribution in [0.1, 0.15) is 16.1 Å². The van der Waals surface area contributed by atoms with Gasteiger partial charge in [0, 0.05) is 18.1 Å². The van der Waals surface area contributed by atoms with Crippen molar-refractivity contribution < 1.29 is 4.79 Å². The van der Waals surface area contributed by atoms with Crippen LogP contribution in [0, 0.1) is 0 Å². The summed E-state index contributed by atoms with van der Waals surface area (Å²) in [6.07, 6.45) is 4.89. The van der Waals surface area contributed by atoms with E-state index in [-0.39, 0.29) is 0 Å². The van der Waals surface area contributed by atoms with Crippen LogP contribution >= 0.6 is 11.6 Å². The van der Waals surface area contributed by atoms with Crippen molar-refractivity contribution in [3.05, 3.63) is 53.1 Å². The minimum atomic E-state index is -0.553. The average molecular weight is 263 g/mol. The first kappa shape index (κ1) is 12.3. The smallest absolute Gasteiger partial charge is 0.250 e. The molecule has 1 aromatic carbocycles. The number of benzene rings is 1. The number of rotatable bonds is 4. The van der Waals surface area contributed by atoms with E-state index in [2.05, 4.69) is 15.3 Å². The van der Waals surface area contributed by atoms with Crippen molar-refractivity contribution in [3.8, 4) is 0 Å². The van der Waals surface area contributed by atoms with Crippen molar-refractivity contribution in [2.75, 3.05) is 5.32 Å². The number of nitrogens with two attached hydrogens (primary N) is 1. The van der Waals surface area contributed by atoms with Crippen LogP contribution in [0.5, 0.6) is 0 Å². The molecule has 0 unspecified atom stereocenters. The summed E-state index contributed by atoms with van der Waals surface area (Å²) in [4.78, 5) is 19.2. The maximum Gasteiger partial charge on any atom is 0.250 e. The molecule has 1 aromatic heterocycles. The van der Waals surface area contributed by atoms with Crippen LogP contribution in [0.2, 0.25) is 5.02 Å². The van der Waals surface area contributed by atoms with E-state index >= 15 is 0 Å². The van der Waals surface area contributed by atoms with Gasteiger partial charge in [-0.25, -0.2) is 0 Å². The molecule has 18 heavy (non-hydrogen) atoms. The first-order valence-corrected chi connectivity index (χ1v) is 5.63. The molecule has 1 amide bonds. The molecule has 0 spiro atoms. The molecule has 5 nitrogen and oxygen atoms in total. The van der Waals surface area contributed by atoms with Gasteiger partial charge >= 0.3 is 0 Å². The van der Waals surface area contributed by atoms with Crippen molar-refractivity contribution in [3.63, 3.8) is 0 Å². The fraction of sp³-hybridized carbons (Fsp3) is 0.0833. The standard InChI is InChI=1S/C12H11ClN4O/c13-11-2-1-8(5-10(11)12(14)18)17-7-9-6-15-3-4-16-9/h1-6,17H,7H2,(H2,14,18). The van der Waals surface area contributed by atoms with Gasteiger partial charge in [-0.3, -0.25) is 14.8 Å². The van der Waals surface area contributed by atoms with Gasteiger partial charge in [0.25, 0.3) is 0 Å².